The molecule has 1 amide bonds. The molecule has 1 fully saturated rings. The molecule has 1 aliphatic heterocycles. The van der Waals surface area contributed by atoms with Gasteiger partial charge in [0, 0.05) is 26.2 Å². The summed E-state index contributed by atoms with van der Waals surface area (Å²) in [5.74, 6) is -0.392. The van der Waals surface area contributed by atoms with Crippen molar-refractivity contribution in [2.75, 3.05) is 31.1 Å². The number of amides is 1. The first kappa shape index (κ1) is 23.9. The SMILES string of the molecule is C[C@H](NC(=O)[C@@H](C)N1CCN(c2cnn(-c3ccccc3)c(=O)c2Cl)CC1)c1ccc(F)cc1. The first-order valence-electron chi connectivity index (χ1n) is 11.2. The zero-order chi connectivity index (χ0) is 24.2. The van der Waals surface area contributed by atoms with Gasteiger partial charge in [-0.3, -0.25) is 14.5 Å². The number of rotatable bonds is 6. The van der Waals surface area contributed by atoms with Crippen LogP contribution in [0.3, 0.4) is 0 Å². The molecule has 0 aliphatic carbocycles. The smallest absolute Gasteiger partial charge is 0.292 e. The zero-order valence-corrected chi connectivity index (χ0v) is 19.9. The zero-order valence-electron chi connectivity index (χ0n) is 19.1. The van der Waals surface area contributed by atoms with E-state index in [4.69, 9.17) is 11.6 Å². The van der Waals surface area contributed by atoms with Crippen LogP contribution in [0.4, 0.5) is 10.1 Å². The minimum absolute atomic E-state index is 0.0876. The molecule has 178 valence electrons. The number of nitrogens with one attached hydrogen (secondary N) is 1. The topological polar surface area (TPSA) is 70.5 Å². The number of para-hydroxylation sites is 1. The fourth-order valence-corrected chi connectivity index (χ4v) is 4.33. The lowest BCUT2D eigenvalue weighted by molar-refractivity contribution is -0.126. The fraction of sp³-hybridized carbons (Fsp3) is 0.320. The predicted molar refractivity (Wildman–Crippen MR) is 131 cm³/mol. The van der Waals surface area contributed by atoms with Gasteiger partial charge >= 0.3 is 0 Å². The van der Waals surface area contributed by atoms with Crippen molar-refractivity contribution in [3.63, 3.8) is 0 Å². The molecule has 3 aromatic rings. The van der Waals surface area contributed by atoms with Gasteiger partial charge < -0.3 is 10.2 Å². The molecule has 0 saturated carbocycles. The maximum absolute atomic E-state index is 13.2. The molecule has 1 saturated heterocycles. The molecule has 9 heteroatoms. The molecule has 0 bridgehead atoms. The average molecular weight is 484 g/mol. The van der Waals surface area contributed by atoms with Crippen LogP contribution in [-0.4, -0.2) is 52.8 Å². The molecule has 1 aliphatic rings. The molecular weight excluding hydrogens is 457 g/mol. The van der Waals surface area contributed by atoms with E-state index in [-0.39, 0.29) is 34.4 Å². The van der Waals surface area contributed by atoms with E-state index in [1.54, 1.807) is 30.5 Å². The van der Waals surface area contributed by atoms with Crippen molar-refractivity contribution in [1.29, 1.82) is 0 Å². The van der Waals surface area contributed by atoms with E-state index in [0.717, 1.165) is 5.56 Å². The van der Waals surface area contributed by atoms with Crippen LogP contribution in [-0.2, 0) is 4.79 Å². The summed E-state index contributed by atoms with van der Waals surface area (Å²) in [6.45, 7) is 6.25. The fourth-order valence-electron chi connectivity index (χ4n) is 4.08. The number of carbonyl (C=O) groups excluding carboxylic acids is 1. The lowest BCUT2D eigenvalue weighted by atomic mass is 10.1. The standard InChI is InChI=1S/C25H27ClFN5O2/c1-17(19-8-10-20(27)11-9-19)29-24(33)18(2)30-12-14-31(15-13-30)22-16-28-32(25(34)23(22)26)21-6-4-3-5-7-21/h3-11,16-18H,12-15H2,1-2H3,(H,29,33)/t17-,18+/m0/s1. The number of nitrogens with zero attached hydrogens (tertiary/aromatic N) is 4. The highest BCUT2D eigenvalue weighted by molar-refractivity contribution is 6.33. The van der Waals surface area contributed by atoms with Crippen molar-refractivity contribution in [3.8, 4) is 5.69 Å². The van der Waals surface area contributed by atoms with E-state index >= 15 is 0 Å². The summed E-state index contributed by atoms with van der Waals surface area (Å²) in [6, 6.07) is 14.7. The normalized spacial score (nSPS) is 16.2. The van der Waals surface area contributed by atoms with Gasteiger partial charge in [0.1, 0.15) is 10.8 Å². The van der Waals surface area contributed by atoms with E-state index in [1.165, 1.54) is 16.8 Å². The van der Waals surface area contributed by atoms with Crippen LogP contribution in [0.5, 0.6) is 0 Å². The van der Waals surface area contributed by atoms with Crippen molar-refractivity contribution in [2.24, 2.45) is 0 Å². The monoisotopic (exact) mass is 483 g/mol. The van der Waals surface area contributed by atoms with Crippen molar-refractivity contribution in [2.45, 2.75) is 25.9 Å². The quantitative estimate of drug-likeness (QED) is 0.582. The first-order valence-corrected chi connectivity index (χ1v) is 11.6. The summed E-state index contributed by atoms with van der Waals surface area (Å²) in [6.07, 6.45) is 1.62. The number of anilines is 1. The van der Waals surface area contributed by atoms with Crippen LogP contribution < -0.4 is 15.8 Å². The number of piperazine rings is 1. The van der Waals surface area contributed by atoms with Crippen LogP contribution in [0, 0.1) is 5.82 Å². The van der Waals surface area contributed by atoms with Crippen molar-refractivity contribution in [1.82, 2.24) is 20.0 Å². The lowest BCUT2D eigenvalue weighted by Gasteiger charge is -2.38. The molecule has 1 aromatic heterocycles. The third kappa shape index (κ3) is 5.13. The van der Waals surface area contributed by atoms with E-state index in [9.17, 15) is 14.0 Å². The van der Waals surface area contributed by atoms with Crippen molar-refractivity contribution < 1.29 is 9.18 Å². The van der Waals surface area contributed by atoms with Crippen LogP contribution in [0.1, 0.15) is 25.5 Å². The van der Waals surface area contributed by atoms with E-state index < -0.39 is 0 Å². The van der Waals surface area contributed by atoms with Gasteiger partial charge in [-0.2, -0.15) is 9.78 Å². The molecule has 0 unspecified atom stereocenters. The van der Waals surface area contributed by atoms with Crippen LogP contribution >= 0.6 is 11.6 Å². The molecule has 2 heterocycles. The summed E-state index contributed by atoms with van der Waals surface area (Å²) < 4.78 is 14.4. The second-order valence-corrected chi connectivity index (χ2v) is 8.76. The van der Waals surface area contributed by atoms with Gasteiger partial charge in [-0.25, -0.2) is 4.39 Å². The summed E-state index contributed by atoms with van der Waals surface area (Å²) in [4.78, 5) is 29.7. The second kappa shape index (κ2) is 10.4. The Kier molecular flexibility index (Phi) is 7.29. The maximum Gasteiger partial charge on any atom is 0.292 e. The first-order chi connectivity index (χ1) is 16.3. The van der Waals surface area contributed by atoms with Crippen LogP contribution in [0.25, 0.3) is 5.69 Å². The van der Waals surface area contributed by atoms with Crippen LogP contribution in [0.2, 0.25) is 5.02 Å². The van der Waals surface area contributed by atoms with Gasteiger partial charge in [0.05, 0.1) is 29.7 Å². The summed E-state index contributed by atoms with van der Waals surface area (Å²) in [5.41, 5.74) is 1.73. The lowest BCUT2D eigenvalue weighted by Crippen LogP contribution is -2.54. The van der Waals surface area contributed by atoms with E-state index in [1.807, 2.05) is 36.9 Å². The number of hydrogen-bond acceptors (Lipinski definition) is 5. The van der Waals surface area contributed by atoms with E-state index in [2.05, 4.69) is 15.3 Å². The minimum Gasteiger partial charge on any atom is -0.366 e. The Labute approximate surface area is 202 Å². The molecule has 0 radical (unpaired) electrons. The molecule has 4 rings (SSSR count). The Morgan fingerprint density at radius 1 is 1.03 bits per heavy atom. The van der Waals surface area contributed by atoms with Crippen molar-refractivity contribution in [3.05, 3.63) is 87.6 Å². The molecule has 2 aromatic carbocycles. The number of benzene rings is 2. The Morgan fingerprint density at radius 3 is 2.32 bits per heavy atom. The Bertz CT molecular complexity index is 1190. The molecule has 1 N–H and O–H groups in total. The Morgan fingerprint density at radius 2 is 1.68 bits per heavy atom. The second-order valence-electron chi connectivity index (χ2n) is 8.38. The number of halogens is 2. The predicted octanol–water partition coefficient (Wildman–Crippen LogP) is 3.41. The highest BCUT2D eigenvalue weighted by Gasteiger charge is 2.28. The third-order valence-electron chi connectivity index (χ3n) is 6.21. The Balaban J connectivity index is 1.37. The molecule has 2 atom stereocenters. The average Bonchev–Trinajstić information content (AvgIpc) is 2.86. The number of hydrogen-bond donors (Lipinski definition) is 1. The molecule has 7 nitrogen and oxygen atoms in total. The van der Waals surface area contributed by atoms with Gasteiger partial charge in [0.2, 0.25) is 5.91 Å². The third-order valence-corrected chi connectivity index (χ3v) is 6.57. The molecular formula is C25H27ClFN5O2. The number of aromatic nitrogens is 2. The van der Waals surface area contributed by atoms with Gasteiger partial charge in [-0.1, -0.05) is 41.9 Å². The largest absolute Gasteiger partial charge is 0.366 e. The maximum atomic E-state index is 13.2. The van der Waals surface area contributed by atoms with Crippen LogP contribution in [0.15, 0.2) is 65.6 Å². The number of carbonyl (C=O) groups is 1. The summed E-state index contributed by atoms with van der Waals surface area (Å²) in [5, 5.41) is 7.44. The minimum atomic E-state index is -0.365. The van der Waals surface area contributed by atoms with Gasteiger partial charge in [0.25, 0.3) is 5.56 Å². The summed E-state index contributed by atoms with van der Waals surface area (Å²) >= 11 is 6.44. The molecule has 34 heavy (non-hydrogen) atoms. The van der Waals surface area contributed by atoms with Gasteiger partial charge in [-0.15, -0.1) is 0 Å². The van der Waals surface area contributed by atoms with Crippen molar-refractivity contribution >= 4 is 23.2 Å². The highest BCUT2D eigenvalue weighted by atomic mass is 35.5. The van der Waals surface area contributed by atoms with Gasteiger partial charge in [-0.05, 0) is 43.7 Å². The van der Waals surface area contributed by atoms with E-state index in [0.29, 0.717) is 37.6 Å². The van der Waals surface area contributed by atoms with Gasteiger partial charge in [0.15, 0.2) is 0 Å². The molecule has 0 spiro atoms. The summed E-state index contributed by atoms with van der Waals surface area (Å²) in [7, 11) is 0. The Hall–Kier alpha value is -3.23. The highest BCUT2D eigenvalue weighted by Crippen LogP contribution is 2.23.